The molecule has 1 nitrogen and oxygen atoms in total. The molecule has 1 fully saturated rings. The monoisotopic (exact) mass is 293 g/mol. The highest BCUT2D eigenvalue weighted by Gasteiger charge is 2.23. The van der Waals surface area contributed by atoms with Crippen molar-refractivity contribution in [1.29, 1.82) is 0 Å². The number of benzene rings is 1. The topological polar surface area (TPSA) is 3.24 Å². The molecular weight excluding hydrogens is 266 g/mol. The van der Waals surface area contributed by atoms with Gasteiger partial charge in [-0.2, -0.15) is 0 Å². The molecule has 0 bridgehead atoms. The standard InChI is InChI=1S/C18H28ClN/c1-3-7-15-9-11-16(12-10-15)18(19)14-20-13-6-5-8-17(20)4-2/h9-12,17-18H,3-8,13-14H2,1-2H3. The van der Waals surface area contributed by atoms with Crippen molar-refractivity contribution < 1.29 is 0 Å². The molecule has 0 aliphatic carbocycles. The molecule has 1 aromatic rings. The molecule has 0 amide bonds. The molecule has 1 saturated heterocycles. The molecule has 1 aromatic carbocycles. The normalized spacial score (nSPS) is 21.9. The molecular formula is C18H28ClN. The van der Waals surface area contributed by atoms with Crippen LogP contribution in [0.4, 0.5) is 0 Å². The van der Waals surface area contributed by atoms with E-state index in [1.807, 2.05) is 0 Å². The maximum Gasteiger partial charge on any atom is 0.0712 e. The van der Waals surface area contributed by atoms with E-state index in [9.17, 15) is 0 Å². The van der Waals surface area contributed by atoms with Crippen molar-refractivity contribution in [2.45, 2.75) is 63.8 Å². The molecule has 1 aliphatic rings. The van der Waals surface area contributed by atoms with E-state index in [1.165, 1.54) is 49.8 Å². The maximum atomic E-state index is 6.65. The minimum absolute atomic E-state index is 0.123. The van der Waals surface area contributed by atoms with E-state index in [0.29, 0.717) is 0 Å². The first kappa shape index (κ1) is 15.9. The number of piperidine rings is 1. The fourth-order valence-electron chi connectivity index (χ4n) is 3.26. The highest BCUT2D eigenvalue weighted by Crippen LogP contribution is 2.27. The van der Waals surface area contributed by atoms with Gasteiger partial charge in [-0.15, -0.1) is 11.6 Å². The number of nitrogens with zero attached hydrogens (tertiary/aromatic N) is 1. The average molecular weight is 294 g/mol. The Bertz CT molecular complexity index is 387. The summed E-state index contributed by atoms with van der Waals surface area (Å²) in [5.74, 6) is 0. The van der Waals surface area contributed by atoms with Crippen LogP contribution in [0.5, 0.6) is 0 Å². The van der Waals surface area contributed by atoms with Crippen LogP contribution in [0.15, 0.2) is 24.3 Å². The molecule has 20 heavy (non-hydrogen) atoms. The molecule has 0 spiro atoms. The largest absolute Gasteiger partial charge is 0.299 e. The van der Waals surface area contributed by atoms with Gasteiger partial charge in [-0.05, 0) is 43.4 Å². The number of aryl methyl sites for hydroxylation is 1. The third kappa shape index (κ3) is 4.23. The van der Waals surface area contributed by atoms with Crippen molar-refractivity contribution in [3.8, 4) is 0 Å². The quantitative estimate of drug-likeness (QED) is 0.653. The summed E-state index contributed by atoms with van der Waals surface area (Å²) in [6, 6.07) is 9.65. The molecule has 2 atom stereocenters. The zero-order valence-electron chi connectivity index (χ0n) is 12.9. The number of rotatable bonds is 6. The summed E-state index contributed by atoms with van der Waals surface area (Å²) < 4.78 is 0. The third-order valence-corrected chi connectivity index (χ3v) is 4.89. The molecule has 0 N–H and O–H groups in total. The van der Waals surface area contributed by atoms with Crippen molar-refractivity contribution in [1.82, 2.24) is 4.90 Å². The van der Waals surface area contributed by atoms with Crippen LogP contribution >= 0.6 is 11.6 Å². The lowest BCUT2D eigenvalue weighted by molar-refractivity contribution is 0.144. The third-order valence-electron chi connectivity index (χ3n) is 4.50. The molecule has 0 aromatic heterocycles. The second kappa shape index (κ2) is 8.05. The number of hydrogen-bond acceptors (Lipinski definition) is 1. The molecule has 0 radical (unpaired) electrons. The Balaban J connectivity index is 1.94. The van der Waals surface area contributed by atoms with E-state index in [0.717, 1.165) is 19.0 Å². The summed E-state index contributed by atoms with van der Waals surface area (Å²) in [6.07, 6.45) is 7.67. The molecule has 2 rings (SSSR count). The minimum atomic E-state index is 0.123. The van der Waals surface area contributed by atoms with Gasteiger partial charge >= 0.3 is 0 Å². The fraction of sp³-hybridized carbons (Fsp3) is 0.667. The zero-order valence-corrected chi connectivity index (χ0v) is 13.7. The van der Waals surface area contributed by atoms with Crippen LogP contribution in [0.1, 0.15) is 62.5 Å². The average Bonchev–Trinajstić information content (AvgIpc) is 2.49. The van der Waals surface area contributed by atoms with Crippen LogP contribution in [-0.2, 0) is 6.42 Å². The predicted octanol–water partition coefficient (Wildman–Crippen LogP) is 5.18. The van der Waals surface area contributed by atoms with Crippen molar-refractivity contribution in [3.05, 3.63) is 35.4 Å². The van der Waals surface area contributed by atoms with Crippen molar-refractivity contribution >= 4 is 11.6 Å². The summed E-state index contributed by atoms with van der Waals surface area (Å²) >= 11 is 6.65. The van der Waals surface area contributed by atoms with Crippen LogP contribution in [0.25, 0.3) is 0 Å². The first-order chi connectivity index (χ1) is 9.74. The van der Waals surface area contributed by atoms with Gasteiger partial charge in [-0.1, -0.05) is 51.0 Å². The predicted molar refractivity (Wildman–Crippen MR) is 88.5 cm³/mol. The van der Waals surface area contributed by atoms with Crippen LogP contribution in [0, 0.1) is 0 Å². The molecule has 1 aliphatic heterocycles. The molecule has 1 heterocycles. The summed E-state index contributed by atoms with van der Waals surface area (Å²) in [4.78, 5) is 2.60. The Labute approximate surface area is 129 Å². The number of hydrogen-bond donors (Lipinski definition) is 0. The van der Waals surface area contributed by atoms with E-state index in [4.69, 9.17) is 11.6 Å². The van der Waals surface area contributed by atoms with Gasteiger partial charge in [0, 0.05) is 12.6 Å². The van der Waals surface area contributed by atoms with E-state index >= 15 is 0 Å². The van der Waals surface area contributed by atoms with Crippen LogP contribution < -0.4 is 0 Å². The Kier molecular flexibility index (Phi) is 6.38. The molecule has 2 heteroatoms. The summed E-state index contributed by atoms with van der Waals surface area (Å²) in [5.41, 5.74) is 2.69. The molecule has 2 unspecified atom stereocenters. The van der Waals surface area contributed by atoms with Crippen molar-refractivity contribution in [2.24, 2.45) is 0 Å². The smallest absolute Gasteiger partial charge is 0.0712 e. The SMILES string of the molecule is CCCc1ccc(C(Cl)CN2CCCCC2CC)cc1. The van der Waals surface area contributed by atoms with Gasteiger partial charge in [0.25, 0.3) is 0 Å². The lowest BCUT2D eigenvalue weighted by Gasteiger charge is -2.36. The highest BCUT2D eigenvalue weighted by atomic mass is 35.5. The van der Waals surface area contributed by atoms with E-state index in [2.05, 4.69) is 43.0 Å². The summed E-state index contributed by atoms with van der Waals surface area (Å²) in [5, 5.41) is 0.123. The summed E-state index contributed by atoms with van der Waals surface area (Å²) in [7, 11) is 0. The van der Waals surface area contributed by atoms with Gasteiger partial charge in [-0.3, -0.25) is 4.90 Å². The van der Waals surface area contributed by atoms with Gasteiger partial charge < -0.3 is 0 Å². The Morgan fingerprint density at radius 3 is 2.60 bits per heavy atom. The maximum absolute atomic E-state index is 6.65. The lowest BCUT2D eigenvalue weighted by Crippen LogP contribution is -2.40. The first-order valence-corrected chi connectivity index (χ1v) is 8.65. The Morgan fingerprint density at radius 2 is 1.95 bits per heavy atom. The number of likely N-dealkylation sites (tertiary alicyclic amines) is 1. The lowest BCUT2D eigenvalue weighted by atomic mass is 9.99. The highest BCUT2D eigenvalue weighted by molar-refractivity contribution is 6.21. The fourth-order valence-corrected chi connectivity index (χ4v) is 3.58. The van der Waals surface area contributed by atoms with E-state index in [-0.39, 0.29) is 5.38 Å². The van der Waals surface area contributed by atoms with Gasteiger partial charge in [0.2, 0.25) is 0 Å². The van der Waals surface area contributed by atoms with Crippen LogP contribution in [0.3, 0.4) is 0 Å². The van der Waals surface area contributed by atoms with Crippen LogP contribution in [-0.4, -0.2) is 24.0 Å². The van der Waals surface area contributed by atoms with E-state index in [1.54, 1.807) is 0 Å². The van der Waals surface area contributed by atoms with Gasteiger partial charge in [0.15, 0.2) is 0 Å². The Morgan fingerprint density at radius 1 is 1.20 bits per heavy atom. The second-order valence-corrected chi connectivity index (χ2v) is 6.54. The number of alkyl halides is 1. The minimum Gasteiger partial charge on any atom is -0.299 e. The van der Waals surface area contributed by atoms with Crippen molar-refractivity contribution in [2.75, 3.05) is 13.1 Å². The zero-order chi connectivity index (χ0) is 14.4. The van der Waals surface area contributed by atoms with Gasteiger partial charge in [0.05, 0.1) is 5.38 Å². The van der Waals surface area contributed by atoms with Gasteiger partial charge in [0.1, 0.15) is 0 Å². The van der Waals surface area contributed by atoms with E-state index < -0.39 is 0 Å². The van der Waals surface area contributed by atoms with Gasteiger partial charge in [-0.25, -0.2) is 0 Å². The van der Waals surface area contributed by atoms with Crippen LogP contribution in [0.2, 0.25) is 0 Å². The Hall–Kier alpha value is -0.530. The number of halogens is 1. The van der Waals surface area contributed by atoms with Crippen molar-refractivity contribution in [3.63, 3.8) is 0 Å². The molecule has 0 saturated carbocycles. The summed E-state index contributed by atoms with van der Waals surface area (Å²) in [6.45, 7) is 6.73. The molecule has 112 valence electrons. The first-order valence-electron chi connectivity index (χ1n) is 8.21. The second-order valence-electron chi connectivity index (χ2n) is 6.01.